The van der Waals surface area contributed by atoms with Crippen molar-refractivity contribution in [3.63, 3.8) is 0 Å². The summed E-state index contributed by atoms with van der Waals surface area (Å²) in [7, 11) is 0. The monoisotopic (exact) mass is 415 g/mol. The van der Waals surface area contributed by atoms with Crippen LogP contribution in [0.25, 0.3) is 0 Å². The van der Waals surface area contributed by atoms with E-state index in [9.17, 15) is 14.4 Å². The van der Waals surface area contributed by atoms with Crippen molar-refractivity contribution in [2.75, 3.05) is 35.3 Å². The number of anilines is 2. The molecule has 2 rings (SSSR count). The van der Waals surface area contributed by atoms with Crippen molar-refractivity contribution in [2.45, 2.75) is 13.8 Å². The molecule has 8 heteroatoms. The van der Waals surface area contributed by atoms with Gasteiger partial charge in [0.15, 0.2) is 0 Å². The zero-order valence-electron chi connectivity index (χ0n) is 16.5. The predicted molar refractivity (Wildman–Crippen MR) is 116 cm³/mol. The molecule has 0 fully saturated rings. The first-order valence-corrected chi connectivity index (χ1v) is 10.4. The molecular formula is C21H25N3O4S. The number of hydrogen-bond donors (Lipinski definition) is 3. The third-order valence-electron chi connectivity index (χ3n) is 3.66. The van der Waals surface area contributed by atoms with Crippen LogP contribution in [0.1, 0.15) is 12.5 Å². The maximum Gasteiger partial charge on any atom is 0.243 e. The molecule has 0 radical (unpaired) electrons. The number of hydrogen-bond acceptors (Lipinski definition) is 5. The topological polar surface area (TPSA) is 96.5 Å². The Morgan fingerprint density at radius 2 is 1.59 bits per heavy atom. The molecule has 0 unspecified atom stereocenters. The molecule has 0 aliphatic heterocycles. The van der Waals surface area contributed by atoms with Crippen molar-refractivity contribution in [1.82, 2.24) is 5.32 Å². The Balaban J connectivity index is 1.62. The van der Waals surface area contributed by atoms with Crippen LogP contribution in [0.2, 0.25) is 0 Å². The van der Waals surface area contributed by atoms with Gasteiger partial charge in [0.1, 0.15) is 5.75 Å². The van der Waals surface area contributed by atoms with Gasteiger partial charge in [0.2, 0.25) is 17.7 Å². The third kappa shape index (κ3) is 8.69. The lowest BCUT2D eigenvalue weighted by atomic mass is 10.2. The van der Waals surface area contributed by atoms with Gasteiger partial charge in [-0.15, -0.1) is 11.8 Å². The summed E-state index contributed by atoms with van der Waals surface area (Å²) in [5.41, 5.74) is 2.40. The standard InChI is InChI=1S/C21H25N3O4S/c1-3-28-18-9-7-16(8-10-18)23-19(25)12-22-20(26)13-29-14-21(27)24-17-6-4-5-15(2)11-17/h4-11H,3,12-14H2,1-2H3,(H,22,26)(H,23,25)(H,24,27). The van der Waals surface area contributed by atoms with Gasteiger partial charge in [0, 0.05) is 11.4 Å². The predicted octanol–water partition coefficient (Wildman–Crippen LogP) is 2.82. The Hall–Kier alpha value is -3.00. The van der Waals surface area contributed by atoms with E-state index in [1.165, 1.54) is 11.8 Å². The maximum absolute atomic E-state index is 11.9. The lowest BCUT2D eigenvalue weighted by molar-refractivity contribution is -0.122. The molecule has 0 spiro atoms. The fourth-order valence-electron chi connectivity index (χ4n) is 2.39. The second-order valence-electron chi connectivity index (χ2n) is 6.19. The number of thioether (sulfide) groups is 1. The Kier molecular flexibility index (Phi) is 9.04. The zero-order chi connectivity index (χ0) is 21.1. The summed E-state index contributed by atoms with van der Waals surface area (Å²) in [5.74, 6) is 0.158. The van der Waals surface area contributed by atoms with Gasteiger partial charge < -0.3 is 20.7 Å². The first-order chi connectivity index (χ1) is 14.0. The van der Waals surface area contributed by atoms with Crippen molar-refractivity contribution in [1.29, 1.82) is 0 Å². The van der Waals surface area contributed by atoms with Crippen LogP contribution in [0.5, 0.6) is 5.75 Å². The Bertz CT molecular complexity index is 840. The number of aryl methyl sites for hydroxylation is 1. The lowest BCUT2D eigenvalue weighted by Gasteiger charge is -2.08. The van der Waals surface area contributed by atoms with Crippen LogP contribution in [0.4, 0.5) is 11.4 Å². The molecule has 0 saturated carbocycles. The highest BCUT2D eigenvalue weighted by molar-refractivity contribution is 8.00. The molecule has 0 saturated heterocycles. The zero-order valence-corrected chi connectivity index (χ0v) is 17.3. The van der Waals surface area contributed by atoms with E-state index in [0.717, 1.165) is 17.0 Å². The smallest absolute Gasteiger partial charge is 0.243 e. The van der Waals surface area contributed by atoms with E-state index < -0.39 is 0 Å². The second kappa shape index (κ2) is 11.8. The first kappa shape index (κ1) is 22.3. The van der Waals surface area contributed by atoms with Crippen LogP contribution in [-0.2, 0) is 14.4 Å². The molecule has 7 nitrogen and oxygen atoms in total. The Labute approximate surface area is 174 Å². The van der Waals surface area contributed by atoms with Crippen LogP contribution in [0.3, 0.4) is 0 Å². The summed E-state index contributed by atoms with van der Waals surface area (Å²) in [4.78, 5) is 35.7. The van der Waals surface area contributed by atoms with Gasteiger partial charge >= 0.3 is 0 Å². The van der Waals surface area contributed by atoms with Gasteiger partial charge in [-0.2, -0.15) is 0 Å². The summed E-state index contributed by atoms with van der Waals surface area (Å²) in [6.07, 6.45) is 0. The normalized spacial score (nSPS) is 10.1. The van der Waals surface area contributed by atoms with Crippen LogP contribution in [0, 0.1) is 6.92 Å². The molecule has 3 amide bonds. The fourth-order valence-corrected chi connectivity index (χ4v) is 3.04. The summed E-state index contributed by atoms with van der Waals surface area (Å²) in [5, 5.41) is 8.01. The quantitative estimate of drug-likeness (QED) is 0.555. The van der Waals surface area contributed by atoms with Gasteiger partial charge in [-0.05, 0) is 55.8 Å². The van der Waals surface area contributed by atoms with Gasteiger partial charge in [0.05, 0.1) is 24.7 Å². The average molecular weight is 416 g/mol. The SMILES string of the molecule is CCOc1ccc(NC(=O)CNC(=O)CSCC(=O)Nc2cccc(C)c2)cc1. The van der Waals surface area contributed by atoms with Crippen LogP contribution < -0.4 is 20.7 Å². The van der Waals surface area contributed by atoms with E-state index in [-0.39, 0.29) is 35.8 Å². The molecule has 0 heterocycles. The molecule has 2 aromatic rings. The van der Waals surface area contributed by atoms with Crippen molar-refractivity contribution in [2.24, 2.45) is 0 Å². The number of nitrogens with one attached hydrogen (secondary N) is 3. The number of amides is 3. The minimum Gasteiger partial charge on any atom is -0.494 e. The summed E-state index contributed by atoms with van der Waals surface area (Å²) < 4.78 is 5.34. The van der Waals surface area contributed by atoms with E-state index in [1.807, 2.05) is 38.1 Å². The van der Waals surface area contributed by atoms with Crippen LogP contribution >= 0.6 is 11.8 Å². The fraction of sp³-hybridized carbons (Fsp3) is 0.286. The molecule has 2 aromatic carbocycles. The van der Waals surface area contributed by atoms with Crippen molar-refractivity contribution in [3.8, 4) is 5.75 Å². The summed E-state index contributed by atoms with van der Waals surface area (Å²) in [6, 6.07) is 14.5. The molecule has 29 heavy (non-hydrogen) atoms. The highest BCUT2D eigenvalue weighted by atomic mass is 32.2. The molecule has 0 aromatic heterocycles. The number of rotatable bonds is 10. The maximum atomic E-state index is 11.9. The van der Waals surface area contributed by atoms with E-state index in [0.29, 0.717) is 12.3 Å². The second-order valence-corrected chi connectivity index (χ2v) is 7.18. The minimum atomic E-state index is -0.329. The highest BCUT2D eigenvalue weighted by Gasteiger charge is 2.08. The van der Waals surface area contributed by atoms with Gasteiger partial charge in [-0.3, -0.25) is 14.4 Å². The van der Waals surface area contributed by atoms with E-state index in [4.69, 9.17) is 4.74 Å². The van der Waals surface area contributed by atoms with Crippen LogP contribution in [-0.4, -0.2) is 42.4 Å². The van der Waals surface area contributed by atoms with Crippen molar-refractivity contribution in [3.05, 3.63) is 54.1 Å². The highest BCUT2D eigenvalue weighted by Crippen LogP contribution is 2.15. The number of carbonyl (C=O) groups excluding carboxylic acids is 3. The van der Waals surface area contributed by atoms with Gasteiger partial charge in [-0.25, -0.2) is 0 Å². The average Bonchev–Trinajstić information content (AvgIpc) is 2.68. The number of ether oxygens (including phenoxy) is 1. The largest absolute Gasteiger partial charge is 0.494 e. The van der Waals surface area contributed by atoms with E-state index in [2.05, 4.69) is 16.0 Å². The molecule has 154 valence electrons. The minimum absolute atomic E-state index is 0.0948. The first-order valence-electron chi connectivity index (χ1n) is 9.20. The molecule has 0 aliphatic rings. The summed E-state index contributed by atoms with van der Waals surface area (Å²) >= 11 is 1.19. The van der Waals surface area contributed by atoms with Crippen LogP contribution in [0.15, 0.2) is 48.5 Å². The Morgan fingerprint density at radius 1 is 0.897 bits per heavy atom. The molecular weight excluding hydrogens is 390 g/mol. The lowest BCUT2D eigenvalue weighted by Crippen LogP contribution is -2.34. The van der Waals surface area contributed by atoms with Gasteiger partial charge in [0.25, 0.3) is 0 Å². The third-order valence-corrected chi connectivity index (χ3v) is 4.60. The number of benzene rings is 2. The van der Waals surface area contributed by atoms with Crippen molar-refractivity contribution >= 4 is 40.9 Å². The molecule has 3 N–H and O–H groups in total. The molecule has 0 bridgehead atoms. The van der Waals surface area contributed by atoms with E-state index in [1.54, 1.807) is 24.3 Å². The molecule has 0 aliphatic carbocycles. The summed E-state index contributed by atoms with van der Waals surface area (Å²) in [6.45, 7) is 4.28. The molecule has 0 atom stereocenters. The van der Waals surface area contributed by atoms with Crippen molar-refractivity contribution < 1.29 is 19.1 Å². The van der Waals surface area contributed by atoms with Gasteiger partial charge in [-0.1, -0.05) is 12.1 Å². The number of carbonyl (C=O) groups is 3. The Morgan fingerprint density at radius 3 is 2.28 bits per heavy atom. The van der Waals surface area contributed by atoms with E-state index >= 15 is 0 Å².